The van der Waals surface area contributed by atoms with Crippen LogP contribution >= 0.6 is 7.82 Å². The van der Waals surface area contributed by atoms with Gasteiger partial charge in [0.2, 0.25) is 0 Å². The Hall–Kier alpha value is -1.64. The Kier molecular flexibility index (Phi) is 18.3. The van der Waals surface area contributed by atoms with E-state index < -0.39 is 44.2 Å². The molecular weight excluding hydrogens is 321 g/mol. The number of carboxylic acid groups (broad SMARTS) is 3. The summed E-state index contributed by atoms with van der Waals surface area (Å²) >= 11 is 0. The summed E-state index contributed by atoms with van der Waals surface area (Å²) in [5.41, 5.74) is -2.74. The van der Waals surface area contributed by atoms with Crippen molar-refractivity contribution >= 4 is 25.7 Å². The Morgan fingerprint density at radius 3 is 1.14 bits per heavy atom. The summed E-state index contributed by atoms with van der Waals surface area (Å²) in [4.78, 5) is 56.1. The number of aliphatic carboxylic acids is 3. The third-order valence-electron chi connectivity index (χ3n) is 1.29. The van der Waals surface area contributed by atoms with Crippen LogP contribution in [0.15, 0.2) is 0 Å². The first kappa shape index (κ1) is 31.6. The third kappa shape index (κ3) is 23.8. The van der Waals surface area contributed by atoms with E-state index >= 15 is 0 Å². The Labute approximate surface area is 118 Å². The highest BCUT2D eigenvalue weighted by molar-refractivity contribution is 7.40. The second-order valence-electron chi connectivity index (χ2n) is 2.92. The smallest absolute Gasteiger partial charge is 0.336 e. The zero-order valence-electron chi connectivity index (χ0n) is 11.5. The molecule has 0 unspecified atom stereocenters. The van der Waals surface area contributed by atoms with Gasteiger partial charge in [-0.25, -0.2) is 4.79 Å². The molecule has 0 bridgehead atoms. The lowest BCUT2D eigenvalue weighted by atomic mass is 9.96. The monoisotopic (exact) mass is 341 g/mol. The molecule has 0 saturated carbocycles. The van der Waals surface area contributed by atoms with Crippen LogP contribution in [0.4, 0.5) is 0 Å². The van der Waals surface area contributed by atoms with Crippen molar-refractivity contribution < 1.29 is 54.1 Å². The molecule has 0 fully saturated rings. The third-order valence-corrected chi connectivity index (χ3v) is 1.29. The molecule has 14 nitrogen and oxygen atoms in total. The van der Waals surface area contributed by atoms with Crippen LogP contribution in [-0.4, -0.2) is 43.9 Å². The van der Waals surface area contributed by atoms with E-state index in [2.05, 4.69) is 0 Å². The van der Waals surface area contributed by atoms with Crippen molar-refractivity contribution in [1.29, 1.82) is 0 Å². The normalized spacial score (nSPS) is 9.52. The molecule has 15 heteroatoms. The number of rotatable bonds is 5. The average molecular weight is 341 g/mol. The molecule has 0 heterocycles. The molecule has 0 aromatic carbocycles. The maximum absolute atomic E-state index is 10.3. The lowest BCUT2D eigenvalue weighted by molar-refractivity contribution is -0.432. The molecule has 0 aliphatic rings. The minimum atomic E-state index is -5.39. The molecule has 0 aliphatic carbocycles. The minimum absolute atomic E-state index is 0. The zero-order valence-corrected chi connectivity index (χ0v) is 12.4. The lowest BCUT2D eigenvalue weighted by Gasteiger charge is -2.36. The summed E-state index contributed by atoms with van der Waals surface area (Å²) < 4.78 is 8.55. The summed E-state index contributed by atoms with van der Waals surface area (Å²) in [6.45, 7) is 0. The van der Waals surface area contributed by atoms with Crippen molar-refractivity contribution in [3.05, 3.63) is 0 Å². The van der Waals surface area contributed by atoms with Crippen molar-refractivity contribution in [3.63, 3.8) is 0 Å². The van der Waals surface area contributed by atoms with E-state index in [0.717, 1.165) is 0 Å². The second kappa shape index (κ2) is 12.1. The standard InChI is InChI=1S/C6H8O7.3H3N.H3O4P/c7-3(8)1-6(13,5(11)12)2-4(9)10;;;;1-5(2,3)4/h13H,1-2H2,(H,7,8)(H,9,10)(H,11,12);3*1H3;(H3,1,2,3,4). The van der Waals surface area contributed by atoms with Gasteiger partial charge in [-0.15, -0.1) is 0 Å². The number of phosphoric acid groups is 1. The average Bonchev–Trinajstić information content (AvgIpc) is 1.95. The maximum Gasteiger partial charge on any atom is 0.336 e. The molecule has 0 rings (SSSR count). The van der Waals surface area contributed by atoms with Gasteiger partial charge in [-0.1, -0.05) is 0 Å². The molecule has 0 aromatic heterocycles. The van der Waals surface area contributed by atoms with Gasteiger partial charge < -0.3 is 58.1 Å². The first-order valence-corrected chi connectivity index (χ1v) is 5.36. The van der Waals surface area contributed by atoms with Gasteiger partial charge >= 0.3 is 17.9 Å². The maximum atomic E-state index is 10.3. The number of carbonyl (C=O) groups is 3. The van der Waals surface area contributed by atoms with E-state index in [4.69, 9.17) is 39.7 Å². The largest absolute Gasteiger partial charge is 0.822 e. The molecule has 0 radical (unpaired) electrons. The number of quaternary nitrogens is 3. The van der Waals surface area contributed by atoms with Crippen molar-refractivity contribution in [3.8, 4) is 0 Å². The fourth-order valence-corrected chi connectivity index (χ4v) is 0.714. The highest BCUT2D eigenvalue weighted by Gasteiger charge is 2.40. The van der Waals surface area contributed by atoms with Crippen molar-refractivity contribution in [2.75, 3.05) is 0 Å². The Bertz CT molecular complexity index is 356. The fraction of sp³-hybridized carbons (Fsp3) is 0.500. The van der Waals surface area contributed by atoms with Crippen molar-refractivity contribution in [2.45, 2.75) is 18.4 Å². The highest BCUT2D eigenvalue weighted by atomic mass is 31.2. The van der Waals surface area contributed by atoms with Gasteiger partial charge in [0.15, 0.2) is 5.60 Å². The van der Waals surface area contributed by atoms with E-state index in [1.807, 2.05) is 0 Å². The van der Waals surface area contributed by atoms with E-state index in [1.54, 1.807) is 0 Å². The topological polar surface area (TPSA) is 328 Å². The molecule has 21 heavy (non-hydrogen) atoms. The second-order valence-corrected chi connectivity index (χ2v) is 3.82. The van der Waals surface area contributed by atoms with Crippen LogP contribution in [0.3, 0.4) is 0 Å². The van der Waals surface area contributed by atoms with Crippen LogP contribution in [0, 0.1) is 0 Å². The van der Waals surface area contributed by atoms with Gasteiger partial charge in [-0.05, 0) is 0 Å². The predicted molar refractivity (Wildman–Crippen MR) is 62.7 cm³/mol. The fourth-order valence-electron chi connectivity index (χ4n) is 0.714. The Morgan fingerprint density at radius 2 is 1.05 bits per heavy atom. The molecule has 0 saturated heterocycles. The van der Waals surface area contributed by atoms with Gasteiger partial charge in [0, 0.05) is 0 Å². The first-order valence-electron chi connectivity index (χ1n) is 3.90. The van der Waals surface area contributed by atoms with Crippen LogP contribution in [-0.2, 0) is 18.9 Å². The minimum Gasteiger partial charge on any atom is -0.822 e. The van der Waals surface area contributed by atoms with E-state index in [0.29, 0.717) is 0 Å². The number of hydrogen-bond donors (Lipinski definition) is 7. The van der Waals surface area contributed by atoms with Crippen LogP contribution in [0.2, 0.25) is 0 Å². The quantitative estimate of drug-likeness (QED) is 0.247. The van der Waals surface area contributed by atoms with E-state index in [1.165, 1.54) is 0 Å². The summed E-state index contributed by atoms with van der Waals surface area (Å²) in [5, 5.41) is 33.8. The van der Waals surface area contributed by atoms with Crippen LogP contribution in [0.5, 0.6) is 0 Å². The van der Waals surface area contributed by atoms with Gasteiger partial charge in [0.25, 0.3) is 0 Å². The van der Waals surface area contributed by atoms with Crippen LogP contribution < -0.4 is 33.1 Å². The van der Waals surface area contributed by atoms with Crippen LogP contribution in [0.25, 0.3) is 0 Å². The number of carboxylic acids is 3. The summed E-state index contributed by atoms with van der Waals surface area (Å²) in [7, 11) is -5.39. The van der Waals surface area contributed by atoms with Gasteiger partial charge in [0.1, 0.15) is 0 Å². The molecular formula is C6H20N3O11P. The molecule has 0 amide bonds. The molecule has 0 atom stereocenters. The van der Waals surface area contributed by atoms with E-state index in [9.17, 15) is 14.4 Å². The van der Waals surface area contributed by atoms with Crippen molar-refractivity contribution in [2.24, 2.45) is 0 Å². The highest BCUT2D eigenvalue weighted by Crippen LogP contribution is 2.15. The summed E-state index contributed by atoms with van der Waals surface area (Å²) in [5.74, 6) is -5.02. The van der Waals surface area contributed by atoms with Gasteiger partial charge in [0.05, 0.1) is 12.8 Å². The first-order chi connectivity index (χ1) is 7.78. The summed E-state index contributed by atoms with van der Waals surface area (Å²) in [6, 6.07) is 0. The molecule has 0 aliphatic heterocycles. The van der Waals surface area contributed by atoms with Gasteiger partial charge in [-0.3, -0.25) is 9.59 Å². The molecule has 130 valence electrons. The summed E-state index contributed by atoms with van der Waals surface area (Å²) in [6.07, 6.45) is -2.29. The Balaban J connectivity index is -0.0000000933. The molecule has 0 aromatic rings. The van der Waals surface area contributed by atoms with E-state index in [-0.39, 0.29) is 18.5 Å². The molecule has 16 N–H and O–H groups in total. The number of aliphatic hydroxyl groups is 1. The Morgan fingerprint density at radius 1 is 0.857 bits per heavy atom. The number of hydrogen-bond acceptors (Lipinski definition) is 8. The zero-order chi connectivity index (χ0) is 15.1. The predicted octanol–water partition coefficient (Wildman–Crippen LogP) is -2.94. The van der Waals surface area contributed by atoms with Gasteiger partial charge in [-0.2, -0.15) is 7.82 Å². The molecule has 0 spiro atoms. The lowest BCUT2D eigenvalue weighted by Crippen LogP contribution is -2.42. The van der Waals surface area contributed by atoms with Crippen LogP contribution in [0.1, 0.15) is 12.8 Å². The van der Waals surface area contributed by atoms with Crippen molar-refractivity contribution in [1.82, 2.24) is 18.5 Å². The SMILES string of the molecule is O=C(O)CC(O)(CC(=O)O)C(=O)O.O=P([O-])([O-])[O-].[NH4+].[NH4+].[NH4+].